The van der Waals surface area contributed by atoms with E-state index in [1.54, 1.807) is 6.07 Å². The molecular weight excluding hydrogens is 275 g/mol. The van der Waals surface area contributed by atoms with Crippen molar-refractivity contribution in [2.75, 3.05) is 19.4 Å². The molecule has 1 aromatic heterocycles. The van der Waals surface area contributed by atoms with Gasteiger partial charge in [-0.25, -0.2) is 9.37 Å². The van der Waals surface area contributed by atoms with Crippen LogP contribution in [0.25, 0.3) is 11.3 Å². The van der Waals surface area contributed by atoms with Crippen LogP contribution in [0.2, 0.25) is 0 Å². The lowest BCUT2D eigenvalue weighted by molar-refractivity contribution is 0.242. The summed E-state index contributed by atoms with van der Waals surface area (Å²) in [5, 5.41) is 0. The maximum absolute atomic E-state index is 13.8. The molecule has 7 heteroatoms. The third-order valence-corrected chi connectivity index (χ3v) is 3.33. The van der Waals surface area contributed by atoms with Gasteiger partial charge in [0.15, 0.2) is 0 Å². The van der Waals surface area contributed by atoms with Crippen molar-refractivity contribution in [2.45, 2.75) is 12.5 Å². The molecule has 3 rings (SSSR count). The summed E-state index contributed by atoms with van der Waals surface area (Å²) in [6.07, 6.45) is 0.426. The van der Waals surface area contributed by atoms with E-state index in [0.717, 1.165) is 5.56 Å². The van der Waals surface area contributed by atoms with E-state index >= 15 is 0 Å². The molecule has 1 aliphatic rings. The largest absolute Gasteiger partial charge is 0.488 e. The second-order valence-electron chi connectivity index (χ2n) is 4.78. The van der Waals surface area contributed by atoms with E-state index in [9.17, 15) is 4.39 Å². The topological polar surface area (TPSA) is 96.3 Å². The van der Waals surface area contributed by atoms with Gasteiger partial charge in [0.25, 0.3) is 0 Å². The SMILES string of the molecule is COc1cc(-c2cc(F)cc3c2O[C@H](CN)C3)nc(N)n1. The monoisotopic (exact) mass is 290 g/mol. The molecule has 0 fully saturated rings. The summed E-state index contributed by atoms with van der Waals surface area (Å²) >= 11 is 0. The summed E-state index contributed by atoms with van der Waals surface area (Å²) in [6.45, 7) is 0.366. The number of anilines is 1. The maximum Gasteiger partial charge on any atom is 0.223 e. The van der Waals surface area contributed by atoms with E-state index in [0.29, 0.717) is 35.9 Å². The fourth-order valence-corrected chi connectivity index (χ4v) is 2.40. The highest BCUT2D eigenvalue weighted by molar-refractivity contribution is 5.71. The Kier molecular flexibility index (Phi) is 3.34. The zero-order chi connectivity index (χ0) is 15.0. The van der Waals surface area contributed by atoms with Gasteiger partial charge >= 0.3 is 0 Å². The third kappa shape index (κ3) is 2.47. The summed E-state index contributed by atoms with van der Waals surface area (Å²) in [5.74, 6) is 0.591. The third-order valence-electron chi connectivity index (χ3n) is 3.33. The van der Waals surface area contributed by atoms with Gasteiger partial charge in [0.2, 0.25) is 11.8 Å². The Morgan fingerprint density at radius 3 is 2.90 bits per heavy atom. The molecule has 0 saturated heterocycles. The second-order valence-corrected chi connectivity index (χ2v) is 4.78. The lowest BCUT2D eigenvalue weighted by Crippen LogP contribution is -2.24. The number of fused-ring (bicyclic) bond motifs is 1. The standard InChI is InChI=1S/C14H15FN4O2/c1-20-12-5-11(18-14(17)19-12)10-4-8(15)2-7-3-9(6-16)21-13(7)10/h2,4-5,9H,3,6,16H2,1H3,(H2,17,18,19)/t9-/m0/s1. The van der Waals surface area contributed by atoms with Crippen LogP contribution in [-0.2, 0) is 6.42 Å². The van der Waals surface area contributed by atoms with E-state index in [-0.39, 0.29) is 17.9 Å². The number of hydrogen-bond donors (Lipinski definition) is 2. The van der Waals surface area contributed by atoms with E-state index in [1.807, 2.05) is 0 Å². The quantitative estimate of drug-likeness (QED) is 0.880. The summed E-state index contributed by atoms with van der Waals surface area (Å²) in [6, 6.07) is 4.40. The highest BCUT2D eigenvalue weighted by Gasteiger charge is 2.26. The number of hydrogen-bond acceptors (Lipinski definition) is 6. The molecule has 0 bridgehead atoms. The van der Waals surface area contributed by atoms with Gasteiger partial charge in [-0.3, -0.25) is 0 Å². The van der Waals surface area contributed by atoms with E-state index in [4.69, 9.17) is 20.9 Å². The van der Waals surface area contributed by atoms with E-state index in [2.05, 4.69) is 9.97 Å². The van der Waals surface area contributed by atoms with Crippen molar-refractivity contribution in [3.63, 3.8) is 0 Å². The molecule has 0 amide bonds. The van der Waals surface area contributed by atoms with Gasteiger partial charge in [-0.05, 0) is 12.1 Å². The number of benzene rings is 1. The maximum atomic E-state index is 13.8. The zero-order valence-electron chi connectivity index (χ0n) is 11.5. The Morgan fingerprint density at radius 1 is 1.38 bits per heavy atom. The summed E-state index contributed by atoms with van der Waals surface area (Å²) < 4.78 is 24.7. The Balaban J connectivity index is 2.14. The molecule has 4 N–H and O–H groups in total. The van der Waals surface area contributed by atoms with Crippen LogP contribution in [0.1, 0.15) is 5.56 Å². The van der Waals surface area contributed by atoms with Gasteiger partial charge in [-0.2, -0.15) is 4.98 Å². The molecule has 0 spiro atoms. The van der Waals surface area contributed by atoms with Gasteiger partial charge in [0, 0.05) is 30.2 Å². The van der Waals surface area contributed by atoms with Crippen molar-refractivity contribution < 1.29 is 13.9 Å². The number of nitrogens with zero attached hydrogens (tertiary/aromatic N) is 2. The molecule has 21 heavy (non-hydrogen) atoms. The fraction of sp³-hybridized carbons (Fsp3) is 0.286. The predicted octanol–water partition coefficient (Wildman–Crippen LogP) is 1.14. The summed E-state index contributed by atoms with van der Waals surface area (Å²) in [5.41, 5.74) is 13.0. The molecule has 0 aliphatic carbocycles. The van der Waals surface area contributed by atoms with Crippen molar-refractivity contribution >= 4 is 5.95 Å². The van der Waals surface area contributed by atoms with Crippen molar-refractivity contribution in [3.05, 3.63) is 29.6 Å². The molecule has 1 aliphatic heterocycles. The van der Waals surface area contributed by atoms with Gasteiger partial charge in [0.1, 0.15) is 17.7 Å². The molecule has 2 aromatic rings. The van der Waals surface area contributed by atoms with Crippen LogP contribution >= 0.6 is 0 Å². The predicted molar refractivity (Wildman–Crippen MR) is 75.6 cm³/mol. The smallest absolute Gasteiger partial charge is 0.223 e. The van der Waals surface area contributed by atoms with Crippen molar-refractivity contribution in [1.82, 2.24) is 9.97 Å². The normalized spacial score (nSPS) is 16.4. The molecule has 1 atom stereocenters. The average molecular weight is 290 g/mol. The Labute approximate surface area is 120 Å². The van der Waals surface area contributed by atoms with Gasteiger partial charge in [-0.1, -0.05) is 0 Å². The minimum Gasteiger partial charge on any atom is -0.488 e. The van der Waals surface area contributed by atoms with Crippen molar-refractivity contribution in [2.24, 2.45) is 5.73 Å². The molecular formula is C14H15FN4O2. The lowest BCUT2D eigenvalue weighted by atomic mass is 10.0. The first kappa shape index (κ1) is 13.6. The molecule has 0 saturated carbocycles. The minimum atomic E-state index is -0.360. The Hall–Kier alpha value is -2.41. The number of nitrogens with two attached hydrogens (primary N) is 2. The average Bonchev–Trinajstić information content (AvgIpc) is 2.88. The van der Waals surface area contributed by atoms with Crippen LogP contribution in [0.15, 0.2) is 18.2 Å². The highest BCUT2D eigenvalue weighted by Crippen LogP contribution is 2.39. The number of rotatable bonds is 3. The molecule has 0 unspecified atom stereocenters. The van der Waals surface area contributed by atoms with Gasteiger partial charge < -0.3 is 20.9 Å². The van der Waals surface area contributed by atoms with Crippen molar-refractivity contribution in [1.29, 1.82) is 0 Å². The first-order valence-corrected chi connectivity index (χ1v) is 6.48. The fourth-order valence-electron chi connectivity index (χ4n) is 2.40. The second kappa shape index (κ2) is 5.17. The molecule has 6 nitrogen and oxygen atoms in total. The Morgan fingerprint density at radius 2 is 2.19 bits per heavy atom. The van der Waals surface area contributed by atoms with Crippen LogP contribution in [0, 0.1) is 5.82 Å². The van der Waals surface area contributed by atoms with Crippen LogP contribution in [0.5, 0.6) is 11.6 Å². The van der Waals surface area contributed by atoms with E-state index in [1.165, 1.54) is 19.2 Å². The molecule has 110 valence electrons. The number of halogens is 1. The summed E-state index contributed by atoms with van der Waals surface area (Å²) in [7, 11) is 1.47. The molecule has 0 radical (unpaired) electrons. The first-order chi connectivity index (χ1) is 10.1. The number of aromatic nitrogens is 2. The molecule has 2 heterocycles. The number of methoxy groups -OCH3 is 1. The highest BCUT2D eigenvalue weighted by atomic mass is 19.1. The van der Waals surface area contributed by atoms with Crippen LogP contribution in [0.3, 0.4) is 0 Å². The van der Waals surface area contributed by atoms with Crippen LogP contribution in [-0.4, -0.2) is 29.7 Å². The van der Waals surface area contributed by atoms with Crippen molar-refractivity contribution in [3.8, 4) is 22.9 Å². The molecule has 1 aromatic carbocycles. The summed E-state index contributed by atoms with van der Waals surface area (Å²) in [4.78, 5) is 8.05. The number of nitrogen functional groups attached to an aromatic ring is 1. The van der Waals surface area contributed by atoms with Gasteiger partial charge in [-0.15, -0.1) is 0 Å². The minimum absolute atomic E-state index is 0.0516. The Bertz CT molecular complexity index is 693. The number of ether oxygens (including phenoxy) is 2. The lowest BCUT2D eigenvalue weighted by Gasteiger charge is -2.11. The van der Waals surface area contributed by atoms with E-state index < -0.39 is 0 Å². The van der Waals surface area contributed by atoms with Crippen LogP contribution < -0.4 is 20.9 Å². The first-order valence-electron chi connectivity index (χ1n) is 6.48. The zero-order valence-corrected chi connectivity index (χ0v) is 11.5. The van der Waals surface area contributed by atoms with Gasteiger partial charge in [0.05, 0.1) is 12.8 Å². The van der Waals surface area contributed by atoms with Crippen LogP contribution in [0.4, 0.5) is 10.3 Å².